The Morgan fingerprint density at radius 2 is 2.00 bits per heavy atom. The van der Waals surface area contributed by atoms with Crippen LogP contribution in [0.25, 0.3) is 0 Å². The second-order valence-corrected chi connectivity index (χ2v) is 2.73. The normalized spacial score (nSPS) is 15.6. The van der Waals surface area contributed by atoms with Gasteiger partial charge in [-0.1, -0.05) is 13.5 Å². The van der Waals surface area contributed by atoms with Crippen LogP contribution in [0.3, 0.4) is 0 Å². The van der Waals surface area contributed by atoms with Gasteiger partial charge in [0.05, 0.1) is 0 Å². The molecule has 0 bridgehead atoms. The quantitative estimate of drug-likeness (QED) is 0.589. The first-order chi connectivity index (χ1) is 4.63. The first kappa shape index (κ1) is 9.48. The van der Waals surface area contributed by atoms with Gasteiger partial charge < -0.3 is 5.32 Å². The van der Waals surface area contributed by atoms with Crippen LogP contribution in [-0.2, 0) is 0 Å². The molecule has 58 valence electrons. The SMILES string of the molecule is C=C=C(C)[C@H](C)[C@H](C)NC. The molecule has 0 aliphatic rings. The van der Waals surface area contributed by atoms with Crippen molar-refractivity contribution in [1.29, 1.82) is 0 Å². The number of rotatable bonds is 3. The highest BCUT2D eigenvalue weighted by molar-refractivity contribution is 5.01. The third-order valence-corrected chi connectivity index (χ3v) is 2.17. The van der Waals surface area contributed by atoms with E-state index in [1.54, 1.807) is 0 Å². The van der Waals surface area contributed by atoms with Crippen LogP contribution >= 0.6 is 0 Å². The van der Waals surface area contributed by atoms with Crippen LogP contribution in [0.15, 0.2) is 17.9 Å². The Labute approximate surface area is 63.8 Å². The molecular weight excluding hydrogens is 122 g/mol. The van der Waals surface area contributed by atoms with E-state index in [0.29, 0.717) is 12.0 Å². The molecule has 0 saturated carbocycles. The van der Waals surface area contributed by atoms with E-state index >= 15 is 0 Å². The van der Waals surface area contributed by atoms with E-state index in [-0.39, 0.29) is 0 Å². The molecule has 0 rings (SSSR count). The third-order valence-electron chi connectivity index (χ3n) is 2.17. The average Bonchev–Trinajstić information content (AvgIpc) is 2.00. The zero-order valence-electron chi connectivity index (χ0n) is 7.36. The molecule has 0 aliphatic heterocycles. The van der Waals surface area contributed by atoms with E-state index in [0.717, 1.165) is 0 Å². The van der Waals surface area contributed by atoms with Crippen LogP contribution in [0.5, 0.6) is 0 Å². The molecule has 0 unspecified atom stereocenters. The highest BCUT2D eigenvalue weighted by Crippen LogP contribution is 2.11. The zero-order valence-corrected chi connectivity index (χ0v) is 7.36. The largest absolute Gasteiger partial charge is 0.317 e. The fraction of sp³-hybridized carbons (Fsp3) is 0.667. The summed E-state index contributed by atoms with van der Waals surface area (Å²) in [6.07, 6.45) is 0. The lowest BCUT2D eigenvalue weighted by Gasteiger charge is -2.18. The summed E-state index contributed by atoms with van der Waals surface area (Å²) in [6.45, 7) is 10.0. The van der Waals surface area contributed by atoms with Gasteiger partial charge in [0.2, 0.25) is 0 Å². The first-order valence-corrected chi connectivity index (χ1v) is 3.67. The van der Waals surface area contributed by atoms with Gasteiger partial charge in [-0.3, -0.25) is 0 Å². The molecule has 1 N–H and O–H groups in total. The van der Waals surface area contributed by atoms with Gasteiger partial charge in [0.1, 0.15) is 0 Å². The van der Waals surface area contributed by atoms with Crippen molar-refractivity contribution in [3.8, 4) is 0 Å². The Kier molecular flexibility index (Phi) is 4.10. The highest BCUT2D eigenvalue weighted by atomic mass is 14.9. The predicted octanol–water partition coefficient (Wildman–Crippen LogP) is 1.96. The molecule has 0 saturated heterocycles. The van der Waals surface area contributed by atoms with Crippen molar-refractivity contribution in [2.45, 2.75) is 26.8 Å². The summed E-state index contributed by atoms with van der Waals surface area (Å²) in [5, 5.41) is 3.19. The van der Waals surface area contributed by atoms with Gasteiger partial charge >= 0.3 is 0 Å². The molecule has 0 spiro atoms. The topological polar surface area (TPSA) is 12.0 Å². The maximum Gasteiger partial charge on any atom is 0.0105 e. The summed E-state index contributed by atoms with van der Waals surface area (Å²) in [5.41, 5.74) is 4.13. The fourth-order valence-corrected chi connectivity index (χ4v) is 0.786. The van der Waals surface area contributed by atoms with E-state index in [2.05, 4.69) is 38.4 Å². The van der Waals surface area contributed by atoms with Gasteiger partial charge in [-0.05, 0) is 32.4 Å². The third kappa shape index (κ3) is 2.38. The van der Waals surface area contributed by atoms with Crippen LogP contribution in [0.1, 0.15) is 20.8 Å². The molecule has 2 atom stereocenters. The first-order valence-electron chi connectivity index (χ1n) is 3.67. The van der Waals surface area contributed by atoms with Crippen molar-refractivity contribution in [2.24, 2.45) is 5.92 Å². The van der Waals surface area contributed by atoms with Crippen LogP contribution < -0.4 is 5.32 Å². The summed E-state index contributed by atoms with van der Waals surface area (Å²) < 4.78 is 0. The van der Waals surface area contributed by atoms with Gasteiger partial charge in [-0.25, -0.2) is 0 Å². The van der Waals surface area contributed by atoms with E-state index in [1.165, 1.54) is 5.57 Å². The predicted molar refractivity (Wildman–Crippen MR) is 46.0 cm³/mol. The summed E-state index contributed by atoms with van der Waals surface area (Å²) in [4.78, 5) is 0. The summed E-state index contributed by atoms with van der Waals surface area (Å²) in [6, 6.07) is 0.509. The molecule has 10 heavy (non-hydrogen) atoms. The lowest BCUT2D eigenvalue weighted by Crippen LogP contribution is -2.28. The van der Waals surface area contributed by atoms with Gasteiger partial charge in [0.15, 0.2) is 0 Å². The summed E-state index contributed by atoms with van der Waals surface area (Å²) >= 11 is 0. The molecule has 0 radical (unpaired) electrons. The van der Waals surface area contributed by atoms with Crippen molar-refractivity contribution in [1.82, 2.24) is 5.32 Å². The maximum absolute atomic E-state index is 3.61. The molecule has 0 aromatic heterocycles. The molecule has 1 heteroatoms. The van der Waals surface area contributed by atoms with Crippen molar-refractivity contribution < 1.29 is 0 Å². The molecule has 1 nitrogen and oxygen atoms in total. The second-order valence-electron chi connectivity index (χ2n) is 2.73. The van der Waals surface area contributed by atoms with E-state index < -0.39 is 0 Å². The minimum absolute atomic E-state index is 0.509. The van der Waals surface area contributed by atoms with Crippen molar-refractivity contribution in [2.75, 3.05) is 7.05 Å². The van der Waals surface area contributed by atoms with Gasteiger partial charge in [0.25, 0.3) is 0 Å². The minimum atomic E-state index is 0.509. The van der Waals surface area contributed by atoms with Gasteiger partial charge in [-0.2, -0.15) is 0 Å². The van der Waals surface area contributed by atoms with Gasteiger partial charge in [0, 0.05) is 6.04 Å². The van der Waals surface area contributed by atoms with Crippen LogP contribution in [-0.4, -0.2) is 13.1 Å². The summed E-state index contributed by atoms with van der Waals surface area (Å²) in [7, 11) is 1.97. The Morgan fingerprint density at radius 1 is 1.50 bits per heavy atom. The Balaban J connectivity index is 4.07. The van der Waals surface area contributed by atoms with Crippen molar-refractivity contribution >= 4 is 0 Å². The highest BCUT2D eigenvalue weighted by Gasteiger charge is 2.10. The van der Waals surface area contributed by atoms with Crippen LogP contribution in [0.2, 0.25) is 0 Å². The molecule has 0 aromatic carbocycles. The molecule has 0 amide bonds. The van der Waals surface area contributed by atoms with Gasteiger partial charge in [-0.15, -0.1) is 5.73 Å². The zero-order chi connectivity index (χ0) is 8.15. The monoisotopic (exact) mass is 139 g/mol. The minimum Gasteiger partial charge on any atom is -0.317 e. The van der Waals surface area contributed by atoms with Crippen LogP contribution in [0.4, 0.5) is 0 Å². The van der Waals surface area contributed by atoms with E-state index in [9.17, 15) is 0 Å². The molecule has 0 aliphatic carbocycles. The van der Waals surface area contributed by atoms with Crippen molar-refractivity contribution in [3.63, 3.8) is 0 Å². The second kappa shape index (κ2) is 4.32. The Bertz CT molecular complexity index is 143. The van der Waals surface area contributed by atoms with E-state index in [1.807, 2.05) is 7.05 Å². The Morgan fingerprint density at radius 3 is 2.30 bits per heavy atom. The smallest absolute Gasteiger partial charge is 0.0105 e. The van der Waals surface area contributed by atoms with Crippen LogP contribution in [0, 0.1) is 5.92 Å². The average molecular weight is 139 g/mol. The van der Waals surface area contributed by atoms with Crippen molar-refractivity contribution in [3.05, 3.63) is 17.9 Å². The fourth-order valence-electron chi connectivity index (χ4n) is 0.786. The lowest BCUT2D eigenvalue weighted by atomic mass is 9.96. The standard InChI is InChI=1S/C9H17N/c1-6-7(2)8(3)9(4)10-5/h8-10H,1H2,2-5H3/t8-,9-/m0/s1. The molecule has 0 heterocycles. The number of hydrogen-bond donors (Lipinski definition) is 1. The molecule has 0 fully saturated rings. The van der Waals surface area contributed by atoms with E-state index in [4.69, 9.17) is 0 Å². The number of hydrogen-bond acceptors (Lipinski definition) is 1. The lowest BCUT2D eigenvalue weighted by molar-refractivity contribution is 0.479. The number of nitrogens with one attached hydrogen (secondary N) is 1. The molecular formula is C9H17N. The summed E-state index contributed by atoms with van der Waals surface area (Å²) in [5.74, 6) is 0.530. The maximum atomic E-state index is 3.61. The molecule has 0 aromatic rings. The Hall–Kier alpha value is -0.520.